The van der Waals surface area contributed by atoms with E-state index in [1.807, 2.05) is 18.4 Å². The zero-order valence-corrected chi connectivity index (χ0v) is 4.52. The predicted octanol–water partition coefficient (Wildman–Crippen LogP) is 0.663. The smallest absolute Gasteiger partial charge is 0.0396 e. The van der Waals surface area contributed by atoms with Gasteiger partial charge < -0.3 is 5.32 Å². The largest absolute Gasteiger partial charge is 0.386 e. The van der Waals surface area contributed by atoms with Crippen LogP contribution in [0.4, 0.5) is 0 Å². The van der Waals surface area contributed by atoms with Crippen molar-refractivity contribution >= 4 is 0 Å². The van der Waals surface area contributed by atoms with E-state index in [2.05, 4.69) is 11.2 Å². The fourth-order valence-electron chi connectivity index (χ4n) is 0.561. The van der Waals surface area contributed by atoms with Gasteiger partial charge in [-0.3, -0.25) is 0 Å². The van der Waals surface area contributed by atoms with E-state index in [1.165, 1.54) is 0 Å². The van der Waals surface area contributed by atoms with Crippen LogP contribution in [0.3, 0.4) is 0 Å². The Morgan fingerprint density at radius 2 is 2.62 bits per heavy atom. The summed E-state index contributed by atoms with van der Waals surface area (Å²) in [7, 11) is 0. The first-order valence-corrected chi connectivity index (χ1v) is 2.50. The van der Waals surface area contributed by atoms with Gasteiger partial charge in [0.15, 0.2) is 0 Å². The molecule has 0 fully saturated rings. The summed E-state index contributed by atoms with van der Waals surface area (Å²) in [6.45, 7) is 0.894. The predicted molar refractivity (Wildman–Crippen MR) is 34.1 cm³/mol. The second-order valence-electron chi connectivity index (χ2n) is 1.55. The Kier molecular flexibility index (Phi) is 1.39. The summed E-state index contributed by atoms with van der Waals surface area (Å²) in [5, 5.41) is 2.99. The van der Waals surface area contributed by atoms with Crippen molar-refractivity contribution in [2.24, 2.45) is 0 Å². The quantitative estimate of drug-likeness (QED) is 0.446. The van der Waals surface area contributed by atoms with E-state index in [0.29, 0.717) is 0 Å². The van der Waals surface area contributed by atoms with Gasteiger partial charge in [0.2, 0.25) is 0 Å². The summed E-state index contributed by atoms with van der Waals surface area (Å²) in [6.07, 6.45) is 10.8. The third kappa shape index (κ3) is 0.913. The van der Waals surface area contributed by atoms with Gasteiger partial charge in [0.25, 0.3) is 0 Å². The van der Waals surface area contributed by atoms with E-state index in [4.69, 9.17) is 6.42 Å². The van der Waals surface area contributed by atoms with Gasteiger partial charge in [-0.05, 0) is 6.08 Å². The molecule has 1 nitrogen and oxygen atoms in total. The van der Waals surface area contributed by atoms with Gasteiger partial charge in [-0.15, -0.1) is 6.42 Å². The maximum absolute atomic E-state index is 5.09. The molecule has 0 saturated heterocycles. The van der Waals surface area contributed by atoms with Crippen LogP contribution in [0, 0.1) is 12.3 Å². The molecule has 1 heteroatoms. The maximum Gasteiger partial charge on any atom is 0.0396 e. The van der Waals surface area contributed by atoms with E-state index >= 15 is 0 Å². The van der Waals surface area contributed by atoms with Crippen LogP contribution < -0.4 is 5.32 Å². The Balaban J connectivity index is 2.68. The van der Waals surface area contributed by atoms with Crippen molar-refractivity contribution in [3.8, 4) is 12.3 Å². The second kappa shape index (κ2) is 2.23. The van der Waals surface area contributed by atoms with Crippen molar-refractivity contribution in [1.29, 1.82) is 0 Å². The van der Waals surface area contributed by atoms with Gasteiger partial charge in [0.05, 0.1) is 0 Å². The van der Waals surface area contributed by atoms with Gasteiger partial charge in [0, 0.05) is 18.3 Å². The molecule has 0 spiro atoms. The zero-order chi connectivity index (χ0) is 5.82. The Morgan fingerprint density at radius 1 is 1.75 bits per heavy atom. The van der Waals surface area contributed by atoms with E-state index < -0.39 is 0 Å². The topological polar surface area (TPSA) is 12.0 Å². The molecule has 0 aromatic carbocycles. The normalized spacial score (nSPS) is 16.1. The Hall–Kier alpha value is -1.16. The molecule has 8 heavy (non-hydrogen) atoms. The highest BCUT2D eigenvalue weighted by Crippen LogP contribution is 1.95. The highest BCUT2D eigenvalue weighted by Gasteiger charge is 1.87. The average Bonchev–Trinajstić information content (AvgIpc) is 1.90. The lowest BCUT2D eigenvalue weighted by atomic mass is 10.2. The van der Waals surface area contributed by atoms with Crippen LogP contribution in [0.5, 0.6) is 0 Å². The van der Waals surface area contributed by atoms with Crippen LogP contribution in [0.2, 0.25) is 0 Å². The molecule has 0 unspecified atom stereocenters. The minimum atomic E-state index is 0.894. The molecule has 40 valence electrons. The lowest BCUT2D eigenvalue weighted by Gasteiger charge is -2.00. The molecular weight excluding hydrogens is 98.1 g/mol. The molecule has 0 aromatic rings. The van der Waals surface area contributed by atoms with Crippen molar-refractivity contribution < 1.29 is 0 Å². The van der Waals surface area contributed by atoms with Crippen LogP contribution in [-0.2, 0) is 0 Å². The first-order valence-electron chi connectivity index (χ1n) is 2.50. The van der Waals surface area contributed by atoms with Crippen LogP contribution in [0.1, 0.15) is 0 Å². The summed E-state index contributed by atoms with van der Waals surface area (Å²) in [5.74, 6) is 2.52. The fraction of sp³-hybridized carbons (Fsp3) is 0.143. The summed E-state index contributed by atoms with van der Waals surface area (Å²) in [5.41, 5.74) is 0.913. The lowest BCUT2D eigenvalue weighted by Crippen LogP contribution is -2.08. The molecule has 0 amide bonds. The summed E-state index contributed by atoms with van der Waals surface area (Å²) >= 11 is 0. The van der Waals surface area contributed by atoms with E-state index in [0.717, 1.165) is 12.1 Å². The maximum atomic E-state index is 5.09. The van der Waals surface area contributed by atoms with Gasteiger partial charge in [-0.25, -0.2) is 0 Å². The number of allylic oxidation sites excluding steroid dienone is 2. The van der Waals surface area contributed by atoms with Crippen molar-refractivity contribution in [3.05, 3.63) is 23.9 Å². The lowest BCUT2D eigenvalue weighted by molar-refractivity contribution is 0.964. The standard InChI is InChI=1S/C7H7N/c1-2-7-4-3-5-8-6-7/h1,3-4,6,8H,5H2. The number of dihydropyridines is 1. The third-order valence-electron chi connectivity index (χ3n) is 0.957. The highest BCUT2D eigenvalue weighted by molar-refractivity contribution is 5.37. The third-order valence-corrected chi connectivity index (χ3v) is 0.957. The second-order valence-corrected chi connectivity index (χ2v) is 1.55. The molecule has 0 aliphatic carbocycles. The summed E-state index contributed by atoms with van der Waals surface area (Å²) in [6, 6.07) is 0. The first-order chi connectivity index (χ1) is 3.93. The Bertz CT molecular complexity index is 169. The van der Waals surface area contributed by atoms with Gasteiger partial charge in [-0.1, -0.05) is 12.0 Å². The van der Waals surface area contributed by atoms with E-state index in [1.54, 1.807) is 0 Å². The molecule has 0 bridgehead atoms. The summed E-state index contributed by atoms with van der Waals surface area (Å²) < 4.78 is 0. The Morgan fingerprint density at radius 3 is 3.00 bits per heavy atom. The number of rotatable bonds is 0. The molecular formula is C7H7N. The molecule has 1 N–H and O–H groups in total. The minimum absolute atomic E-state index is 0.894. The molecule has 1 heterocycles. The van der Waals surface area contributed by atoms with E-state index in [-0.39, 0.29) is 0 Å². The molecule has 0 saturated carbocycles. The van der Waals surface area contributed by atoms with Crippen LogP contribution in [0.15, 0.2) is 23.9 Å². The van der Waals surface area contributed by atoms with Gasteiger partial charge in [-0.2, -0.15) is 0 Å². The monoisotopic (exact) mass is 105 g/mol. The van der Waals surface area contributed by atoms with Crippen molar-refractivity contribution in [1.82, 2.24) is 5.32 Å². The number of hydrogen-bond acceptors (Lipinski definition) is 1. The zero-order valence-electron chi connectivity index (χ0n) is 4.52. The van der Waals surface area contributed by atoms with Crippen molar-refractivity contribution in [2.75, 3.05) is 6.54 Å². The van der Waals surface area contributed by atoms with E-state index in [9.17, 15) is 0 Å². The van der Waals surface area contributed by atoms with Crippen LogP contribution >= 0.6 is 0 Å². The van der Waals surface area contributed by atoms with Gasteiger partial charge >= 0.3 is 0 Å². The minimum Gasteiger partial charge on any atom is -0.386 e. The number of hydrogen-bond donors (Lipinski definition) is 1. The SMILES string of the molecule is C#CC1=CNCC=C1. The van der Waals surface area contributed by atoms with Gasteiger partial charge in [0.1, 0.15) is 0 Å². The summed E-state index contributed by atoms with van der Waals surface area (Å²) in [4.78, 5) is 0. The molecule has 0 atom stereocenters. The first kappa shape index (κ1) is 4.99. The van der Waals surface area contributed by atoms with Crippen molar-refractivity contribution in [3.63, 3.8) is 0 Å². The number of terminal acetylenes is 1. The Labute approximate surface area is 49.1 Å². The highest BCUT2D eigenvalue weighted by atomic mass is 14.8. The molecule has 0 aromatic heterocycles. The van der Waals surface area contributed by atoms with Crippen LogP contribution in [0.25, 0.3) is 0 Å². The molecule has 1 rings (SSSR count). The number of nitrogens with one attached hydrogen (secondary N) is 1. The molecule has 0 radical (unpaired) electrons. The fourth-order valence-corrected chi connectivity index (χ4v) is 0.561. The molecule has 1 aliphatic heterocycles. The van der Waals surface area contributed by atoms with Crippen LogP contribution in [-0.4, -0.2) is 6.54 Å². The van der Waals surface area contributed by atoms with Crippen molar-refractivity contribution in [2.45, 2.75) is 0 Å². The molecule has 1 aliphatic rings. The average molecular weight is 105 g/mol.